The molecule has 2 amide bonds. The molecule has 1 aliphatic heterocycles. The molecule has 2 aliphatic rings. The highest BCUT2D eigenvalue weighted by Gasteiger charge is 2.44. The van der Waals surface area contributed by atoms with Crippen molar-refractivity contribution in [3.63, 3.8) is 0 Å². The van der Waals surface area contributed by atoms with Crippen molar-refractivity contribution in [1.29, 1.82) is 0 Å². The molecule has 1 heterocycles. The predicted octanol–water partition coefficient (Wildman–Crippen LogP) is 3.30. The van der Waals surface area contributed by atoms with Gasteiger partial charge in [-0.3, -0.25) is 4.79 Å². The zero-order valence-corrected chi connectivity index (χ0v) is 19.4. The van der Waals surface area contributed by atoms with E-state index in [0.717, 1.165) is 22.3 Å². The number of rotatable bonds is 8. The molecule has 180 valence electrons. The number of ether oxygens (including phenoxy) is 2. The summed E-state index contributed by atoms with van der Waals surface area (Å²) in [5, 5.41) is 14.9. The van der Waals surface area contributed by atoms with E-state index in [1.807, 2.05) is 50.2 Å². The van der Waals surface area contributed by atoms with Crippen molar-refractivity contribution < 1.29 is 29.0 Å². The zero-order chi connectivity index (χ0) is 24.3. The van der Waals surface area contributed by atoms with Crippen LogP contribution >= 0.6 is 0 Å². The van der Waals surface area contributed by atoms with E-state index in [1.165, 1.54) is 0 Å². The number of carbonyl (C=O) groups excluding carboxylic acids is 2. The van der Waals surface area contributed by atoms with Gasteiger partial charge in [-0.25, -0.2) is 9.59 Å². The Morgan fingerprint density at radius 2 is 1.71 bits per heavy atom. The third-order valence-electron chi connectivity index (χ3n) is 6.67. The summed E-state index contributed by atoms with van der Waals surface area (Å²) >= 11 is 0. The number of fused-ring (bicyclic) bond motifs is 3. The summed E-state index contributed by atoms with van der Waals surface area (Å²) in [6.07, 6.45) is -0.456. The van der Waals surface area contributed by atoms with Gasteiger partial charge in [-0.2, -0.15) is 0 Å². The largest absolute Gasteiger partial charge is 0.479 e. The standard InChI is InChI=1S/C26H30N2O6/c1-16(2)22(13-23(29)28-26(24(30)31)11-12-33-15-26)27-25(32)34-14-21-19-9-5-3-7-17(19)18-8-4-6-10-20(18)21/h3-10,16,21-22H,11-15H2,1-2H3,(H,27,32)(H,28,29)(H,30,31). The Morgan fingerprint density at radius 1 is 1.09 bits per heavy atom. The van der Waals surface area contributed by atoms with Crippen molar-refractivity contribution in [1.82, 2.24) is 10.6 Å². The molecule has 2 aromatic rings. The number of hydrogen-bond acceptors (Lipinski definition) is 5. The van der Waals surface area contributed by atoms with Gasteiger partial charge >= 0.3 is 12.1 Å². The van der Waals surface area contributed by atoms with Crippen molar-refractivity contribution in [3.05, 3.63) is 59.7 Å². The Kier molecular flexibility index (Phi) is 6.88. The zero-order valence-electron chi connectivity index (χ0n) is 19.4. The number of amides is 2. The molecule has 0 radical (unpaired) electrons. The van der Waals surface area contributed by atoms with Crippen LogP contribution in [0.15, 0.2) is 48.5 Å². The number of carboxylic acid groups (broad SMARTS) is 1. The van der Waals surface area contributed by atoms with Gasteiger partial charge in [-0.15, -0.1) is 0 Å². The molecule has 1 fully saturated rings. The molecule has 4 rings (SSSR count). The molecular weight excluding hydrogens is 436 g/mol. The molecule has 8 heteroatoms. The van der Waals surface area contributed by atoms with Crippen LogP contribution in [0.1, 0.15) is 43.7 Å². The van der Waals surface area contributed by atoms with E-state index in [1.54, 1.807) is 0 Å². The van der Waals surface area contributed by atoms with Gasteiger partial charge < -0.3 is 25.2 Å². The maximum Gasteiger partial charge on any atom is 0.407 e. The average molecular weight is 467 g/mol. The van der Waals surface area contributed by atoms with Gasteiger partial charge in [0.25, 0.3) is 0 Å². The van der Waals surface area contributed by atoms with Gasteiger partial charge in [0.1, 0.15) is 6.61 Å². The highest BCUT2D eigenvalue weighted by Crippen LogP contribution is 2.44. The number of aliphatic carboxylic acids is 1. The molecule has 0 bridgehead atoms. The minimum absolute atomic E-state index is 0.0586. The van der Waals surface area contributed by atoms with Crippen LogP contribution in [0.2, 0.25) is 0 Å². The lowest BCUT2D eigenvalue weighted by Crippen LogP contribution is -2.56. The lowest BCUT2D eigenvalue weighted by Gasteiger charge is -2.27. The van der Waals surface area contributed by atoms with Crippen LogP contribution in [0.5, 0.6) is 0 Å². The molecule has 0 spiro atoms. The number of carboxylic acids is 1. The topological polar surface area (TPSA) is 114 Å². The van der Waals surface area contributed by atoms with Gasteiger partial charge in [0.2, 0.25) is 5.91 Å². The van der Waals surface area contributed by atoms with Crippen LogP contribution in [-0.2, 0) is 19.1 Å². The second-order valence-electron chi connectivity index (χ2n) is 9.26. The third kappa shape index (κ3) is 4.77. The van der Waals surface area contributed by atoms with Gasteiger partial charge in [0, 0.05) is 31.4 Å². The quantitative estimate of drug-likeness (QED) is 0.550. The van der Waals surface area contributed by atoms with E-state index >= 15 is 0 Å². The van der Waals surface area contributed by atoms with Gasteiger partial charge in [-0.05, 0) is 28.2 Å². The summed E-state index contributed by atoms with van der Waals surface area (Å²) in [5.41, 5.74) is 3.12. The highest BCUT2D eigenvalue weighted by molar-refractivity contribution is 5.88. The molecule has 0 aromatic heterocycles. The lowest BCUT2D eigenvalue weighted by atomic mass is 9.96. The van der Waals surface area contributed by atoms with E-state index in [9.17, 15) is 19.5 Å². The molecule has 1 saturated heterocycles. The van der Waals surface area contributed by atoms with Crippen molar-refractivity contribution in [2.75, 3.05) is 19.8 Å². The van der Waals surface area contributed by atoms with Gasteiger partial charge in [0.15, 0.2) is 5.54 Å². The van der Waals surface area contributed by atoms with E-state index in [-0.39, 0.29) is 44.5 Å². The monoisotopic (exact) mass is 466 g/mol. The first-order valence-electron chi connectivity index (χ1n) is 11.5. The van der Waals surface area contributed by atoms with Crippen LogP contribution in [-0.4, -0.2) is 54.5 Å². The molecule has 2 aromatic carbocycles. The second-order valence-corrected chi connectivity index (χ2v) is 9.26. The van der Waals surface area contributed by atoms with Gasteiger partial charge in [0.05, 0.1) is 6.61 Å². The molecule has 1 aliphatic carbocycles. The summed E-state index contributed by atoms with van der Waals surface area (Å²) in [5.74, 6) is -1.70. The van der Waals surface area contributed by atoms with Crippen molar-refractivity contribution in [3.8, 4) is 11.1 Å². The minimum atomic E-state index is -1.41. The molecule has 8 nitrogen and oxygen atoms in total. The third-order valence-corrected chi connectivity index (χ3v) is 6.67. The minimum Gasteiger partial charge on any atom is -0.479 e. The maximum absolute atomic E-state index is 12.7. The number of alkyl carbamates (subject to hydrolysis) is 1. The smallest absolute Gasteiger partial charge is 0.407 e. The maximum atomic E-state index is 12.7. The molecule has 3 N–H and O–H groups in total. The number of hydrogen-bond donors (Lipinski definition) is 3. The Balaban J connectivity index is 1.37. The van der Waals surface area contributed by atoms with Crippen LogP contribution in [0.4, 0.5) is 4.79 Å². The SMILES string of the molecule is CC(C)C(CC(=O)NC1(C(=O)O)CCOC1)NC(=O)OCC1c2ccccc2-c2ccccc21. The fraction of sp³-hybridized carbons (Fsp3) is 0.423. The predicted molar refractivity (Wildman–Crippen MR) is 125 cm³/mol. The highest BCUT2D eigenvalue weighted by atomic mass is 16.5. The van der Waals surface area contributed by atoms with Crippen molar-refractivity contribution >= 4 is 18.0 Å². The Labute approximate surface area is 198 Å². The van der Waals surface area contributed by atoms with Crippen LogP contribution in [0, 0.1) is 5.92 Å². The van der Waals surface area contributed by atoms with Crippen molar-refractivity contribution in [2.45, 2.75) is 44.2 Å². The first-order chi connectivity index (χ1) is 16.3. The normalized spacial score (nSPS) is 19.9. The summed E-state index contributed by atoms with van der Waals surface area (Å²) in [6.45, 7) is 4.15. The Morgan fingerprint density at radius 3 is 2.24 bits per heavy atom. The summed E-state index contributed by atoms with van der Waals surface area (Å²) < 4.78 is 10.8. The van der Waals surface area contributed by atoms with Crippen LogP contribution in [0.25, 0.3) is 11.1 Å². The number of benzene rings is 2. The van der Waals surface area contributed by atoms with E-state index in [2.05, 4.69) is 22.8 Å². The van der Waals surface area contributed by atoms with Gasteiger partial charge in [-0.1, -0.05) is 62.4 Å². The molecule has 2 unspecified atom stereocenters. The fourth-order valence-electron chi connectivity index (χ4n) is 4.65. The first kappa shape index (κ1) is 23.8. The first-order valence-corrected chi connectivity index (χ1v) is 11.5. The summed E-state index contributed by atoms with van der Waals surface area (Å²) in [6, 6.07) is 15.7. The number of nitrogens with one attached hydrogen (secondary N) is 2. The lowest BCUT2D eigenvalue weighted by molar-refractivity contribution is -0.147. The van der Waals surface area contributed by atoms with E-state index < -0.39 is 29.6 Å². The van der Waals surface area contributed by atoms with E-state index in [4.69, 9.17) is 9.47 Å². The van der Waals surface area contributed by atoms with Crippen LogP contribution < -0.4 is 10.6 Å². The molecule has 0 saturated carbocycles. The molecule has 2 atom stereocenters. The molecule has 34 heavy (non-hydrogen) atoms. The number of carbonyl (C=O) groups is 3. The molecular formula is C26H30N2O6. The summed E-state index contributed by atoms with van der Waals surface area (Å²) in [7, 11) is 0. The Hall–Kier alpha value is -3.39. The van der Waals surface area contributed by atoms with Crippen LogP contribution in [0.3, 0.4) is 0 Å². The average Bonchev–Trinajstić information content (AvgIpc) is 3.41. The Bertz CT molecular complexity index is 1030. The summed E-state index contributed by atoms with van der Waals surface area (Å²) in [4.78, 5) is 36.9. The van der Waals surface area contributed by atoms with Crippen molar-refractivity contribution in [2.24, 2.45) is 5.92 Å². The fourth-order valence-corrected chi connectivity index (χ4v) is 4.65. The second kappa shape index (κ2) is 9.85. The van der Waals surface area contributed by atoms with E-state index in [0.29, 0.717) is 0 Å².